The molecule has 16 nitrogen and oxygen atoms in total. The first kappa shape index (κ1) is 68.7. The Morgan fingerprint density at radius 3 is 1.24 bits per heavy atom. The fourth-order valence-corrected chi connectivity index (χ4v) is 12.5. The Bertz CT molecular complexity index is 3980. The van der Waals surface area contributed by atoms with Crippen molar-refractivity contribution in [3.05, 3.63) is 212 Å². The van der Waals surface area contributed by atoms with E-state index in [2.05, 4.69) is 0 Å². The average Bonchev–Trinajstić information content (AvgIpc) is 1.71. The zero-order valence-electron chi connectivity index (χ0n) is 51.7. The summed E-state index contributed by atoms with van der Waals surface area (Å²) in [6, 6.07) is 45.3. The molecule has 94 heavy (non-hydrogen) atoms. The number of fused-ring (bicyclic) bond motifs is 2. The second kappa shape index (κ2) is 29.9. The average molecular weight is 1330 g/mol. The van der Waals surface area contributed by atoms with Gasteiger partial charge in [0.15, 0.2) is 0 Å². The third-order valence-corrected chi connectivity index (χ3v) is 17.4. The Morgan fingerprint density at radius 2 is 0.883 bits per heavy atom. The third kappa shape index (κ3) is 17.7. The molecular weight excluding hydrogens is 1270 g/mol. The van der Waals surface area contributed by atoms with Crippen molar-refractivity contribution in [2.45, 2.75) is 103 Å². The van der Waals surface area contributed by atoms with Crippen molar-refractivity contribution < 1.29 is 83.9 Å². The fourth-order valence-electron chi connectivity index (χ4n) is 10.6. The molecule has 2 atom stereocenters. The van der Waals surface area contributed by atoms with Crippen LogP contribution in [0.4, 0.5) is 47.3 Å². The van der Waals surface area contributed by atoms with Gasteiger partial charge < -0.3 is 38.6 Å². The van der Waals surface area contributed by atoms with Gasteiger partial charge in [0.1, 0.15) is 65.4 Å². The van der Waals surface area contributed by atoms with Crippen molar-refractivity contribution in [2.24, 2.45) is 0 Å². The summed E-state index contributed by atoms with van der Waals surface area (Å²) in [5.41, 5.74) is 4.49. The summed E-state index contributed by atoms with van der Waals surface area (Å²) >= 11 is 1.28. The zero-order valence-corrected chi connectivity index (χ0v) is 53.3. The van der Waals surface area contributed by atoms with E-state index in [0.29, 0.717) is 79.3 Å². The number of amides is 4. The molecule has 0 radical (unpaired) electrons. The number of halogens is 6. The first-order valence-corrected chi connectivity index (χ1v) is 31.3. The number of aliphatic carboxylic acids is 1. The van der Waals surface area contributed by atoms with Gasteiger partial charge in [-0.15, -0.1) is 22.7 Å². The molecule has 1 N–H and O–H groups in total. The summed E-state index contributed by atoms with van der Waals surface area (Å²) in [5, 5.41) is 9.50. The van der Waals surface area contributed by atoms with Crippen LogP contribution in [0.25, 0.3) is 22.3 Å². The van der Waals surface area contributed by atoms with Gasteiger partial charge in [-0.2, -0.15) is 26.3 Å². The van der Waals surface area contributed by atoms with Crippen LogP contribution in [0, 0.1) is 0 Å². The largest absolute Gasteiger partial charge is 0.488 e. The number of esters is 1. The molecule has 2 aliphatic rings. The molecule has 2 unspecified atom stereocenters. The predicted molar refractivity (Wildman–Crippen MR) is 342 cm³/mol. The van der Waals surface area contributed by atoms with Gasteiger partial charge >= 0.3 is 36.5 Å². The first-order valence-electron chi connectivity index (χ1n) is 29.7. The number of carbonyl (C=O) groups is 6. The lowest BCUT2D eigenvalue weighted by molar-refractivity contribution is -0.157. The molecule has 4 amide bonds. The molecule has 492 valence electrons. The maximum absolute atomic E-state index is 14.0. The number of rotatable bonds is 20. The summed E-state index contributed by atoms with van der Waals surface area (Å²) in [4.78, 5) is 82.4. The van der Waals surface area contributed by atoms with Crippen LogP contribution in [0.1, 0.15) is 75.4 Å². The maximum atomic E-state index is 14.0. The predicted octanol–water partition coefficient (Wildman–Crippen LogP) is 15.3. The summed E-state index contributed by atoms with van der Waals surface area (Å²) in [6.45, 7) is 5.47. The van der Waals surface area contributed by atoms with Crippen LogP contribution in [-0.4, -0.2) is 95.7 Å². The van der Waals surface area contributed by atoms with Crippen molar-refractivity contribution in [2.75, 3.05) is 37.0 Å². The number of carboxylic acids is 1. The van der Waals surface area contributed by atoms with Gasteiger partial charge in [0.2, 0.25) is 0 Å². The van der Waals surface area contributed by atoms with Crippen LogP contribution in [0.2, 0.25) is 0 Å². The van der Waals surface area contributed by atoms with E-state index in [-0.39, 0.29) is 57.1 Å². The molecule has 8 aromatic rings. The van der Waals surface area contributed by atoms with E-state index in [0.717, 1.165) is 32.1 Å². The van der Waals surface area contributed by atoms with E-state index in [1.807, 2.05) is 24.3 Å². The SMILES string of the molecule is CN(C(=O)OCc1ccccc1)C(CC(=O)O)C(=O)N1CCc2cc(OCc3cc(-c4ccccc4)c(C(F)(F)F)s3)ccc21.CN(C(=O)OCc1ccccc1)C(CC(=O)OC(C)(C)C)C(=O)N1CCc2cc(OCc3cc(-c4ccccc4)c(C(F)(F)F)s3)ccc21. The molecule has 2 aromatic heterocycles. The smallest absolute Gasteiger partial charge is 0.426 e. The highest BCUT2D eigenvalue weighted by atomic mass is 32.1. The van der Waals surface area contributed by atoms with Crippen molar-refractivity contribution in [3.8, 4) is 33.8 Å². The quantitative estimate of drug-likeness (QED) is 0.0434. The number of benzene rings is 6. The number of carboxylic acid groups (broad SMARTS) is 1. The van der Waals surface area contributed by atoms with Crippen LogP contribution < -0.4 is 19.3 Å². The molecule has 4 heterocycles. The second-order valence-electron chi connectivity index (χ2n) is 23.0. The van der Waals surface area contributed by atoms with E-state index in [9.17, 15) is 60.2 Å². The standard InChI is InChI=1S/C37H37F3N2O6S.C33H29F3N2O6S/c1-36(2,3)48-32(43)21-31(41(4)35(45)47-22-24-11-7-5-8-12-24)34(44)42-18-17-26-19-27(15-16-30(26)42)46-23-28-20-29(25-13-9-6-10-14-25)33(49-28)37(38,39)40;1-37(32(42)44-19-21-8-4-2-5-9-21)28(18-29(39)40)31(41)38-15-14-23-16-24(12-13-27(23)38)43-20-25-17-26(22-10-6-3-7-11-22)30(45-25)33(34,35)36/h5-16,19-20,31H,17-18,21-23H2,1-4H3;2-13,16-17,28H,14-15,18-20H2,1H3,(H,39,40). The van der Waals surface area contributed by atoms with Crippen LogP contribution in [0.5, 0.6) is 11.5 Å². The Kier molecular flexibility index (Phi) is 21.9. The molecule has 6 aromatic carbocycles. The van der Waals surface area contributed by atoms with Crippen molar-refractivity contribution in [3.63, 3.8) is 0 Å². The van der Waals surface area contributed by atoms with Crippen LogP contribution >= 0.6 is 22.7 Å². The minimum Gasteiger partial charge on any atom is -0.488 e. The normalized spacial score (nSPS) is 13.3. The number of hydrogen-bond donors (Lipinski definition) is 1. The van der Waals surface area contributed by atoms with Gasteiger partial charge in [0.25, 0.3) is 11.8 Å². The summed E-state index contributed by atoms with van der Waals surface area (Å²) < 4.78 is 111. The van der Waals surface area contributed by atoms with Crippen molar-refractivity contribution >= 4 is 70.0 Å². The van der Waals surface area contributed by atoms with E-state index in [1.165, 1.54) is 36.0 Å². The topological polar surface area (TPSA) is 182 Å². The highest BCUT2D eigenvalue weighted by Gasteiger charge is 2.41. The monoisotopic (exact) mass is 1330 g/mol. The highest BCUT2D eigenvalue weighted by Crippen LogP contribution is 2.45. The number of thiophene rings is 2. The molecule has 0 spiro atoms. The molecule has 0 bridgehead atoms. The van der Waals surface area contributed by atoms with Gasteiger partial charge in [0, 0.05) is 59.4 Å². The van der Waals surface area contributed by atoms with Gasteiger partial charge in [-0.1, -0.05) is 121 Å². The van der Waals surface area contributed by atoms with Crippen molar-refractivity contribution in [1.29, 1.82) is 0 Å². The summed E-state index contributed by atoms with van der Waals surface area (Å²) in [6.07, 6.45) is -10.7. The second-order valence-corrected chi connectivity index (χ2v) is 25.3. The Morgan fingerprint density at radius 1 is 0.511 bits per heavy atom. The Hall–Kier alpha value is -9.68. The molecule has 2 aliphatic heterocycles. The number of nitrogens with zero attached hydrogens (tertiary/aromatic N) is 4. The number of likely N-dealkylation sites (N-methyl/N-ethyl adjacent to an activating group) is 2. The van der Waals surface area contributed by atoms with E-state index in [1.54, 1.807) is 154 Å². The molecular formula is C70H66F6N4O12S2. The van der Waals surface area contributed by atoms with Crippen LogP contribution in [0.15, 0.2) is 170 Å². The minimum absolute atomic E-state index is 0.0107. The number of anilines is 2. The molecule has 24 heteroatoms. The lowest BCUT2D eigenvalue weighted by Gasteiger charge is -2.31. The van der Waals surface area contributed by atoms with Crippen molar-refractivity contribution in [1.82, 2.24) is 9.80 Å². The van der Waals surface area contributed by atoms with Gasteiger partial charge in [-0.25, -0.2) is 9.59 Å². The highest BCUT2D eigenvalue weighted by molar-refractivity contribution is 7.13. The number of ether oxygens (including phenoxy) is 5. The number of alkyl halides is 6. The number of hydrogen-bond acceptors (Lipinski definition) is 13. The van der Waals surface area contributed by atoms with Gasteiger partial charge in [-0.05, 0) is 116 Å². The van der Waals surface area contributed by atoms with E-state index < -0.39 is 82.2 Å². The Balaban J connectivity index is 0.000000222. The van der Waals surface area contributed by atoms with Crippen LogP contribution in [-0.2, 0) is 85.0 Å². The molecule has 0 fully saturated rings. The fraction of sp³-hybridized carbons (Fsp3) is 0.286. The van der Waals surface area contributed by atoms with Gasteiger partial charge in [0.05, 0.1) is 12.8 Å². The maximum Gasteiger partial charge on any atom is 0.426 e. The lowest BCUT2D eigenvalue weighted by atomic mass is 10.1. The molecule has 10 rings (SSSR count). The molecule has 0 aliphatic carbocycles. The number of carbonyl (C=O) groups excluding carboxylic acids is 5. The lowest BCUT2D eigenvalue weighted by Crippen LogP contribution is -2.50. The van der Waals surface area contributed by atoms with Crippen LogP contribution in [0.3, 0.4) is 0 Å². The first-order chi connectivity index (χ1) is 44.7. The van der Waals surface area contributed by atoms with E-state index in [4.69, 9.17) is 23.7 Å². The molecule has 0 saturated heterocycles. The molecule has 0 saturated carbocycles. The van der Waals surface area contributed by atoms with Gasteiger partial charge in [-0.3, -0.25) is 29.0 Å². The summed E-state index contributed by atoms with van der Waals surface area (Å²) in [7, 11) is 2.73. The zero-order chi connectivity index (χ0) is 67.5. The minimum atomic E-state index is -4.51. The summed E-state index contributed by atoms with van der Waals surface area (Å²) in [5.74, 6) is -2.11. The third-order valence-electron chi connectivity index (χ3n) is 15.1. The Labute approximate surface area is 546 Å². The van der Waals surface area contributed by atoms with E-state index >= 15 is 0 Å².